The van der Waals surface area contributed by atoms with Gasteiger partial charge in [-0.1, -0.05) is 53.9 Å². The molecule has 0 heterocycles. The van der Waals surface area contributed by atoms with Crippen molar-refractivity contribution in [1.29, 1.82) is 0 Å². The third-order valence-electron chi connectivity index (χ3n) is 5.55. The summed E-state index contributed by atoms with van der Waals surface area (Å²) in [7, 11) is -3.53. The highest BCUT2D eigenvalue weighted by Crippen LogP contribution is 2.25. The zero-order valence-corrected chi connectivity index (χ0v) is 22.9. The van der Waals surface area contributed by atoms with Gasteiger partial charge in [-0.2, -0.15) is 0 Å². The van der Waals surface area contributed by atoms with Gasteiger partial charge in [0.1, 0.15) is 6.04 Å². The maximum absolute atomic E-state index is 13.3. The molecule has 0 aliphatic rings. The summed E-state index contributed by atoms with van der Waals surface area (Å²) in [5.74, 6) is -0.479. The molecular formula is C25H33Cl2N3O4S. The molecule has 7 nitrogen and oxygen atoms in total. The van der Waals surface area contributed by atoms with Gasteiger partial charge in [-0.3, -0.25) is 13.9 Å². The van der Waals surface area contributed by atoms with E-state index in [0.717, 1.165) is 17.4 Å². The number of benzene rings is 2. The van der Waals surface area contributed by atoms with E-state index in [2.05, 4.69) is 5.32 Å². The molecule has 35 heavy (non-hydrogen) atoms. The summed E-state index contributed by atoms with van der Waals surface area (Å²) in [6, 6.07) is 11.6. The highest BCUT2D eigenvalue weighted by molar-refractivity contribution is 7.92. The summed E-state index contributed by atoms with van der Waals surface area (Å²) in [6.45, 7) is 6.36. The average molecular weight is 543 g/mol. The molecule has 0 radical (unpaired) electrons. The quantitative estimate of drug-likeness (QED) is 0.418. The standard InChI is InChI=1S/C25H33Cl2N3O4S/c1-5-23(25(32)28-6-2)29(17-19-11-14-21(26)22(27)16-19)24(31)8-7-15-30(35(4,33)34)20-12-9-18(3)10-13-20/h9-14,16,23H,5-8,15,17H2,1-4H3,(H,28,32)/t23-/m1/s1. The molecule has 10 heteroatoms. The summed E-state index contributed by atoms with van der Waals surface area (Å²) < 4.78 is 26.1. The van der Waals surface area contributed by atoms with Crippen molar-refractivity contribution in [2.75, 3.05) is 23.7 Å². The summed E-state index contributed by atoms with van der Waals surface area (Å²) in [5, 5.41) is 3.56. The molecule has 2 rings (SSSR count). The van der Waals surface area contributed by atoms with Gasteiger partial charge in [0.05, 0.1) is 22.0 Å². The number of halogens is 2. The van der Waals surface area contributed by atoms with Gasteiger partial charge in [0.2, 0.25) is 21.8 Å². The molecule has 0 spiro atoms. The third-order valence-corrected chi connectivity index (χ3v) is 7.48. The lowest BCUT2D eigenvalue weighted by molar-refractivity contribution is -0.141. The van der Waals surface area contributed by atoms with Crippen LogP contribution >= 0.6 is 23.2 Å². The van der Waals surface area contributed by atoms with Crippen molar-refractivity contribution in [3.63, 3.8) is 0 Å². The first-order valence-corrected chi connectivity index (χ1v) is 14.1. The molecular weight excluding hydrogens is 509 g/mol. The summed E-state index contributed by atoms with van der Waals surface area (Å²) in [4.78, 5) is 27.6. The molecule has 0 aliphatic heterocycles. The van der Waals surface area contributed by atoms with E-state index in [-0.39, 0.29) is 31.3 Å². The predicted molar refractivity (Wildman–Crippen MR) is 142 cm³/mol. The number of carbonyl (C=O) groups excluding carboxylic acids is 2. The monoisotopic (exact) mass is 541 g/mol. The van der Waals surface area contributed by atoms with Crippen molar-refractivity contribution in [2.45, 2.75) is 52.6 Å². The van der Waals surface area contributed by atoms with E-state index >= 15 is 0 Å². The maximum atomic E-state index is 13.3. The van der Waals surface area contributed by atoms with Gasteiger partial charge >= 0.3 is 0 Å². The number of likely N-dealkylation sites (N-methyl/N-ethyl adjacent to an activating group) is 1. The second kappa shape index (κ2) is 13.1. The Bertz CT molecular complexity index is 1120. The van der Waals surface area contributed by atoms with Crippen LogP contribution < -0.4 is 9.62 Å². The molecule has 0 saturated heterocycles. The van der Waals surface area contributed by atoms with Crippen LogP contribution in [-0.2, 0) is 26.2 Å². The van der Waals surface area contributed by atoms with Crippen LogP contribution in [0.1, 0.15) is 44.2 Å². The van der Waals surface area contributed by atoms with Crippen LogP contribution in [0.4, 0.5) is 5.69 Å². The number of carbonyl (C=O) groups is 2. The highest BCUT2D eigenvalue weighted by atomic mass is 35.5. The molecule has 1 N–H and O–H groups in total. The second-order valence-corrected chi connectivity index (χ2v) is 11.1. The number of nitrogens with one attached hydrogen (secondary N) is 1. The fraction of sp³-hybridized carbons (Fsp3) is 0.440. The van der Waals surface area contributed by atoms with E-state index in [0.29, 0.717) is 35.1 Å². The van der Waals surface area contributed by atoms with Gasteiger partial charge in [-0.05, 0) is 56.5 Å². The Kier molecular flexibility index (Phi) is 10.9. The lowest BCUT2D eigenvalue weighted by Crippen LogP contribution is -2.49. The molecule has 192 valence electrons. The molecule has 2 aromatic carbocycles. The second-order valence-electron chi connectivity index (χ2n) is 8.36. The lowest BCUT2D eigenvalue weighted by Gasteiger charge is -2.31. The Balaban J connectivity index is 2.21. The topological polar surface area (TPSA) is 86.8 Å². The molecule has 2 aromatic rings. The lowest BCUT2D eigenvalue weighted by atomic mass is 10.1. The molecule has 0 aliphatic carbocycles. The number of aryl methyl sites for hydroxylation is 1. The maximum Gasteiger partial charge on any atom is 0.242 e. The fourth-order valence-corrected chi connectivity index (χ4v) is 5.05. The molecule has 0 saturated carbocycles. The van der Waals surface area contributed by atoms with Gasteiger partial charge in [-0.25, -0.2) is 8.42 Å². The Morgan fingerprint density at radius 3 is 2.23 bits per heavy atom. The minimum atomic E-state index is -3.53. The van der Waals surface area contributed by atoms with E-state index in [1.54, 1.807) is 30.3 Å². The number of amides is 2. The first-order valence-electron chi connectivity index (χ1n) is 11.5. The van der Waals surface area contributed by atoms with E-state index in [1.807, 2.05) is 32.9 Å². The zero-order valence-electron chi connectivity index (χ0n) is 20.6. The first-order chi connectivity index (χ1) is 16.5. The van der Waals surface area contributed by atoms with Crippen molar-refractivity contribution in [3.8, 4) is 0 Å². The number of sulfonamides is 1. The first kappa shape index (κ1) is 28.9. The number of nitrogens with zero attached hydrogens (tertiary/aromatic N) is 2. The van der Waals surface area contributed by atoms with Crippen molar-refractivity contribution >= 4 is 50.7 Å². The molecule has 2 amide bonds. The fourth-order valence-electron chi connectivity index (χ4n) is 3.76. The van der Waals surface area contributed by atoms with Gasteiger partial charge in [0.15, 0.2) is 0 Å². The van der Waals surface area contributed by atoms with E-state index in [9.17, 15) is 18.0 Å². The van der Waals surface area contributed by atoms with Crippen LogP contribution in [0, 0.1) is 6.92 Å². The predicted octanol–water partition coefficient (Wildman–Crippen LogP) is 4.79. The summed E-state index contributed by atoms with van der Waals surface area (Å²) in [5.41, 5.74) is 2.31. The van der Waals surface area contributed by atoms with Crippen LogP contribution in [0.15, 0.2) is 42.5 Å². The average Bonchev–Trinajstić information content (AvgIpc) is 2.79. The van der Waals surface area contributed by atoms with Crippen LogP contribution in [-0.4, -0.2) is 50.5 Å². The Morgan fingerprint density at radius 2 is 1.69 bits per heavy atom. The number of anilines is 1. The number of hydrogen-bond donors (Lipinski definition) is 1. The van der Waals surface area contributed by atoms with Gasteiger partial charge in [0, 0.05) is 26.1 Å². The van der Waals surface area contributed by atoms with E-state index in [1.165, 1.54) is 9.21 Å². The van der Waals surface area contributed by atoms with Crippen LogP contribution in [0.25, 0.3) is 0 Å². The summed E-state index contributed by atoms with van der Waals surface area (Å²) >= 11 is 12.2. The van der Waals surface area contributed by atoms with E-state index < -0.39 is 16.1 Å². The summed E-state index contributed by atoms with van der Waals surface area (Å²) in [6.07, 6.45) is 1.95. The smallest absolute Gasteiger partial charge is 0.242 e. The molecule has 0 aromatic heterocycles. The van der Waals surface area contributed by atoms with Gasteiger partial charge in [-0.15, -0.1) is 0 Å². The molecule has 1 atom stereocenters. The minimum absolute atomic E-state index is 0.0785. The normalized spacial score (nSPS) is 12.2. The zero-order chi connectivity index (χ0) is 26.2. The Labute approximate surface area is 218 Å². The molecule has 0 unspecified atom stereocenters. The van der Waals surface area contributed by atoms with Crippen molar-refractivity contribution in [3.05, 3.63) is 63.6 Å². The largest absolute Gasteiger partial charge is 0.355 e. The molecule has 0 fully saturated rings. The number of rotatable bonds is 12. The Hall–Kier alpha value is -2.29. The van der Waals surface area contributed by atoms with Crippen LogP contribution in [0.3, 0.4) is 0 Å². The van der Waals surface area contributed by atoms with Gasteiger partial charge in [0.25, 0.3) is 0 Å². The van der Waals surface area contributed by atoms with Crippen molar-refractivity contribution in [1.82, 2.24) is 10.2 Å². The van der Waals surface area contributed by atoms with Crippen LogP contribution in [0.2, 0.25) is 10.0 Å². The SMILES string of the molecule is CCNC(=O)[C@@H](CC)N(Cc1ccc(Cl)c(Cl)c1)C(=O)CCCN(c1ccc(C)cc1)S(C)(=O)=O. The minimum Gasteiger partial charge on any atom is -0.355 e. The van der Waals surface area contributed by atoms with Crippen LogP contribution in [0.5, 0.6) is 0 Å². The third kappa shape index (κ3) is 8.40. The molecule has 0 bridgehead atoms. The Morgan fingerprint density at radius 1 is 1.03 bits per heavy atom. The van der Waals surface area contributed by atoms with Gasteiger partial charge < -0.3 is 10.2 Å². The highest BCUT2D eigenvalue weighted by Gasteiger charge is 2.28. The van der Waals surface area contributed by atoms with E-state index in [4.69, 9.17) is 23.2 Å². The van der Waals surface area contributed by atoms with Crippen molar-refractivity contribution in [2.24, 2.45) is 0 Å². The van der Waals surface area contributed by atoms with Crippen molar-refractivity contribution < 1.29 is 18.0 Å². The number of hydrogen-bond acceptors (Lipinski definition) is 4.